The molecule has 16 atom stereocenters. The Morgan fingerprint density at radius 3 is 1.61 bits per heavy atom. The zero-order valence-corrected chi connectivity index (χ0v) is 50.6. The number of hydrogen-bond acceptors (Lipinski definition) is 19. The number of carbonyl (C=O) groups is 2. The van der Waals surface area contributed by atoms with E-state index in [0.717, 1.165) is 71.1 Å². The van der Waals surface area contributed by atoms with Crippen molar-refractivity contribution in [2.24, 2.45) is 10.9 Å². The van der Waals surface area contributed by atoms with Crippen LogP contribution in [0.2, 0.25) is 0 Å². The van der Waals surface area contributed by atoms with Gasteiger partial charge in [0.25, 0.3) is 5.79 Å². The molecule has 0 saturated carbocycles. The van der Waals surface area contributed by atoms with E-state index in [2.05, 4.69) is 35.3 Å². The number of aliphatic hydroxyl groups is 10. The molecule has 1 unspecified atom stereocenters. The highest BCUT2D eigenvalue weighted by molar-refractivity contribution is 7.80. The Balaban J connectivity index is 2.09. The van der Waals surface area contributed by atoms with E-state index in [4.69, 9.17) is 18.9 Å². The Hall–Kier alpha value is -2.24. The van der Waals surface area contributed by atoms with Crippen LogP contribution in [0.3, 0.4) is 0 Å². The van der Waals surface area contributed by atoms with Crippen LogP contribution in [0.4, 0.5) is 0 Å². The van der Waals surface area contributed by atoms with Crippen LogP contribution in [0.15, 0.2) is 4.99 Å². The molecule has 484 valence electrons. The molecule has 82 heavy (non-hydrogen) atoms. The summed E-state index contributed by atoms with van der Waals surface area (Å²) in [6.07, 6.45) is 9.11. The van der Waals surface area contributed by atoms with Gasteiger partial charge >= 0.3 is 16.4 Å². The smallest absolute Gasteiger partial charge is 0.397 e. The number of amides is 1. The summed E-state index contributed by atoms with van der Waals surface area (Å²) >= 11 is 0. The molecular formula is C58H110N2O21S. The fourth-order valence-electron chi connectivity index (χ4n) is 10.7. The van der Waals surface area contributed by atoms with Gasteiger partial charge in [-0.25, -0.2) is 14.0 Å². The van der Waals surface area contributed by atoms with Crippen LogP contribution in [0, 0.1) is 5.92 Å². The van der Waals surface area contributed by atoms with Gasteiger partial charge in [-0.2, -0.15) is 8.42 Å². The number of nitrogens with one attached hydrogen (secondary N) is 1. The predicted molar refractivity (Wildman–Crippen MR) is 307 cm³/mol. The highest BCUT2D eigenvalue weighted by Crippen LogP contribution is 2.38. The summed E-state index contributed by atoms with van der Waals surface area (Å²) in [6.45, 7) is 4.77. The topological polar surface area (TPSA) is 382 Å². The van der Waals surface area contributed by atoms with Crippen molar-refractivity contribution in [2.45, 2.75) is 324 Å². The minimum Gasteiger partial charge on any atom is -0.497 e. The van der Waals surface area contributed by atoms with Gasteiger partial charge in [-0.3, -0.25) is 9.35 Å². The summed E-state index contributed by atoms with van der Waals surface area (Å²) in [6, 6.07) is -3.32. The number of aliphatic hydroxyl groups excluding tert-OH is 10. The molecular weight excluding hydrogens is 1090 g/mol. The third kappa shape index (κ3) is 29.9. The summed E-state index contributed by atoms with van der Waals surface area (Å²) in [4.78, 5) is 30.2. The van der Waals surface area contributed by atoms with Crippen LogP contribution < -0.4 is 5.32 Å². The molecule has 23 nitrogen and oxygen atoms in total. The highest BCUT2D eigenvalue weighted by atomic mass is 32.3. The standard InChI is InChI=1S/C58H110N2O21S/c1-5-7-8-9-10-11-12-13-14-15-16-17-18-19-20-21-22-25-29-32-35-44(64)55(71)60-42(49(66)43(63)34-31-28-26-23-24-27-30-33-40(3)6-2)38-77-56-53(70)52(69)51(68)47(79-56)39-78-58(57(72)73)36-46(81-82(74,75)76)48(59-41(4)62)54(80-58)50(67)45(65)37-61/h40,42-54,56,61,63-70H,5-39H2,1-4H3,(H,59,62)(H,60,71)(H,72,73)(H,74,75,76)/t40?,42-,43+,44+,45+,46-,47+,48+,49-,50+,51+,52-,53+,54+,56+,58+/m0/s1. The average molecular weight is 1200 g/mol. The Bertz CT molecular complexity index is 1820. The number of ether oxygens (including phenoxy) is 4. The molecule has 0 aromatic heterocycles. The maximum absolute atomic E-state index is 13.5. The average Bonchev–Trinajstić information content (AvgIpc) is 3.56. The molecule has 0 bridgehead atoms. The van der Waals surface area contributed by atoms with Gasteiger partial charge in [-0.05, 0) is 18.8 Å². The molecule has 2 rings (SSSR count). The first kappa shape index (κ1) is 75.9. The van der Waals surface area contributed by atoms with Gasteiger partial charge in [0.2, 0.25) is 5.91 Å². The van der Waals surface area contributed by atoms with E-state index in [1.54, 1.807) is 0 Å². The Labute approximate surface area is 488 Å². The Morgan fingerprint density at radius 1 is 0.683 bits per heavy atom. The third-order valence-electron chi connectivity index (χ3n) is 16.1. The second-order valence-electron chi connectivity index (χ2n) is 23.2. The first-order chi connectivity index (χ1) is 39.0. The van der Waals surface area contributed by atoms with E-state index in [-0.39, 0.29) is 12.8 Å². The van der Waals surface area contributed by atoms with E-state index in [9.17, 15) is 78.7 Å². The summed E-state index contributed by atoms with van der Waals surface area (Å²) in [5.74, 6) is -6.06. The third-order valence-corrected chi connectivity index (χ3v) is 16.6. The summed E-state index contributed by atoms with van der Waals surface area (Å²) < 4.78 is 60.9. The maximum atomic E-state index is 13.5. The van der Waals surface area contributed by atoms with Crippen LogP contribution in [-0.2, 0) is 43.1 Å². The van der Waals surface area contributed by atoms with Crippen LogP contribution in [0.1, 0.15) is 233 Å². The number of carbonyl (C=O) groups excluding carboxylic acids is 1. The van der Waals surface area contributed by atoms with E-state index in [1.807, 2.05) is 0 Å². The lowest BCUT2D eigenvalue weighted by atomic mass is 9.89. The van der Waals surface area contributed by atoms with E-state index < -0.39 is 146 Å². The second-order valence-corrected chi connectivity index (χ2v) is 24.3. The SMILES string of the molecule is CCCCCCCCCCCCCCCCCCCCCC[C@@H](O)C(=O)N[C@@H](CO[C@@H]1O[C@H](CO[C@]2(C(=O)O)C[C@H](OS(=O)(=O)O)[C@@H](N=C(C)O)[C@H]([C@H](O)[C@H](O)CO)O2)[C@@H](O)[C@H](O)[C@H]1O)[C@H](O)[C@H](O)CCCCCCCCCC(C)CC. The number of hydrogen-bond donors (Lipinski definition) is 13. The number of carboxylic acids is 1. The van der Waals surface area contributed by atoms with Crippen LogP contribution in [-0.4, -0.2) is 198 Å². The van der Waals surface area contributed by atoms with Crippen molar-refractivity contribution in [1.82, 2.24) is 5.32 Å². The number of aliphatic imine (C=N–C) groups is 1. The molecule has 1 amide bonds. The number of rotatable bonds is 49. The minimum atomic E-state index is -5.44. The first-order valence-electron chi connectivity index (χ1n) is 31.1. The fraction of sp³-hybridized carbons (Fsp3) is 0.948. The van der Waals surface area contributed by atoms with Crippen molar-refractivity contribution >= 4 is 28.2 Å². The van der Waals surface area contributed by atoms with Crippen molar-refractivity contribution in [2.75, 3.05) is 19.8 Å². The molecule has 0 radical (unpaired) electrons. The molecule has 2 saturated heterocycles. The van der Waals surface area contributed by atoms with E-state index >= 15 is 0 Å². The molecule has 2 heterocycles. The minimum absolute atomic E-state index is 0.117. The molecule has 0 aromatic carbocycles. The maximum Gasteiger partial charge on any atom is 0.397 e. The lowest BCUT2D eigenvalue weighted by Crippen LogP contribution is -2.65. The number of unbranched alkanes of at least 4 members (excludes halogenated alkanes) is 25. The zero-order chi connectivity index (χ0) is 61.1. The fourth-order valence-corrected chi connectivity index (χ4v) is 11.1. The van der Waals surface area contributed by atoms with Crippen molar-refractivity contribution in [3.8, 4) is 0 Å². The van der Waals surface area contributed by atoms with Crippen molar-refractivity contribution < 1.29 is 102 Å². The lowest BCUT2D eigenvalue weighted by Gasteiger charge is -2.47. The van der Waals surface area contributed by atoms with Crippen molar-refractivity contribution in [3.63, 3.8) is 0 Å². The summed E-state index contributed by atoms with van der Waals surface area (Å²) in [5, 5.41) is 120. The van der Waals surface area contributed by atoms with Crippen LogP contribution in [0.25, 0.3) is 0 Å². The zero-order valence-electron chi connectivity index (χ0n) is 49.8. The number of carboxylic acid groups (broad SMARTS) is 1. The van der Waals surface area contributed by atoms with Crippen LogP contribution in [0.5, 0.6) is 0 Å². The summed E-state index contributed by atoms with van der Waals surface area (Å²) in [5.41, 5.74) is 0. The quantitative estimate of drug-likeness (QED) is 0.0144. The van der Waals surface area contributed by atoms with Gasteiger partial charge in [0.05, 0.1) is 32.0 Å². The first-order valence-corrected chi connectivity index (χ1v) is 32.5. The highest BCUT2D eigenvalue weighted by Gasteiger charge is 2.58. The van der Waals surface area contributed by atoms with Crippen molar-refractivity contribution in [1.29, 1.82) is 0 Å². The number of aliphatic carboxylic acids is 1. The second kappa shape index (κ2) is 42.6. The van der Waals surface area contributed by atoms with Gasteiger partial charge in [0.15, 0.2) is 12.2 Å². The molecule has 13 N–H and O–H groups in total. The monoisotopic (exact) mass is 1200 g/mol. The number of nitrogens with zero attached hydrogens (tertiary/aromatic N) is 1. The van der Waals surface area contributed by atoms with Gasteiger partial charge in [0.1, 0.15) is 67.1 Å². The molecule has 2 aliphatic rings. The molecule has 0 aromatic rings. The largest absolute Gasteiger partial charge is 0.497 e. The van der Waals surface area contributed by atoms with Gasteiger partial charge in [-0.1, -0.05) is 207 Å². The molecule has 2 fully saturated rings. The Morgan fingerprint density at radius 2 is 1.16 bits per heavy atom. The molecule has 2 aliphatic heterocycles. The van der Waals surface area contributed by atoms with Crippen molar-refractivity contribution in [3.05, 3.63) is 0 Å². The van der Waals surface area contributed by atoms with Gasteiger partial charge in [-0.15, -0.1) is 0 Å². The molecule has 0 spiro atoms. The molecule has 0 aliphatic carbocycles. The summed E-state index contributed by atoms with van der Waals surface area (Å²) in [7, 11) is -5.44. The predicted octanol–water partition coefficient (Wildman–Crippen LogP) is 5.98. The van der Waals surface area contributed by atoms with E-state index in [1.165, 1.54) is 109 Å². The normalized spacial score (nSPS) is 26.2. The van der Waals surface area contributed by atoms with E-state index in [0.29, 0.717) is 18.8 Å². The molecule has 24 heteroatoms. The van der Waals surface area contributed by atoms with Crippen LogP contribution >= 0.6 is 0 Å². The van der Waals surface area contributed by atoms with Gasteiger partial charge in [0, 0.05) is 13.3 Å². The lowest BCUT2D eigenvalue weighted by molar-refractivity contribution is -0.337. The van der Waals surface area contributed by atoms with Gasteiger partial charge < -0.3 is 80.4 Å². The Kier molecular flexibility index (Phi) is 39.4.